The van der Waals surface area contributed by atoms with E-state index in [1.54, 1.807) is 18.1 Å². The number of likely N-dealkylation sites (N-methyl/N-ethyl adjacent to an activating group) is 1. The number of fused-ring (bicyclic) bond motifs is 1. The maximum Gasteiger partial charge on any atom is 0.326 e. The molecule has 1 fully saturated rings. The monoisotopic (exact) mass is 427 g/mol. The van der Waals surface area contributed by atoms with Crippen molar-refractivity contribution in [3.63, 3.8) is 0 Å². The van der Waals surface area contributed by atoms with E-state index in [1.165, 1.54) is 10.5 Å². The summed E-state index contributed by atoms with van der Waals surface area (Å²) >= 11 is 0. The van der Waals surface area contributed by atoms with Gasteiger partial charge < -0.3 is 9.80 Å². The first-order valence-corrected chi connectivity index (χ1v) is 10.9. The number of urea groups is 1. The van der Waals surface area contributed by atoms with Crippen LogP contribution in [-0.2, 0) is 4.79 Å². The topological polar surface area (TPSA) is 69.6 Å². The van der Waals surface area contributed by atoms with Crippen LogP contribution in [0.1, 0.15) is 24.3 Å². The first-order valence-electron chi connectivity index (χ1n) is 10.9. The van der Waals surface area contributed by atoms with E-state index in [9.17, 15) is 9.59 Å². The number of anilines is 2. The molecular formula is C25H25N5O2. The summed E-state index contributed by atoms with van der Waals surface area (Å²) < 4.78 is 0. The molecule has 0 bridgehead atoms. The summed E-state index contributed by atoms with van der Waals surface area (Å²) in [4.78, 5) is 39.7. The lowest BCUT2D eigenvalue weighted by Crippen LogP contribution is -2.53. The minimum absolute atomic E-state index is 0.171. The van der Waals surface area contributed by atoms with Crippen LogP contribution in [0.4, 0.5) is 16.3 Å². The van der Waals surface area contributed by atoms with Gasteiger partial charge in [0.1, 0.15) is 5.69 Å². The largest absolute Gasteiger partial charge is 0.331 e. The number of carbonyl (C=O) groups is 2. The highest BCUT2D eigenvalue weighted by Gasteiger charge is 2.41. The summed E-state index contributed by atoms with van der Waals surface area (Å²) in [7, 11) is 1.79. The second-order valence-corrected chi connectivity index (χ2v) is 8.25. The number of hydrogen-bond acceptors (Lipinski definition) is 5. The lowest BCUT2D eigenvalue weighted by molar-refractivity contribution is -0.108. The Bertz CT molecular complexity index is 1110. The number of hydrogen-bond donors (Lipinski definition) is 0. The molecule has 2 amide bonds. The molecule has 1 atom stereocenters. The van der Waals surface area contributed by atoms with E-state index in [4.69, 9.17) is 0 Å². The Morgan fingerprint density at radius 1 is 1.00 bits per heavy atom. The molecule has 3 aromatic rings. The van der Waals surface area contributed by atoms with Gasteiger partial charge in [0.2, 0.25) is 0 Å². The molecule has 1 saturated heterocycles. The number of nitrogens with zero attached hydrogens (tertiary/aromatic N) is 5. The zero-order valence-electron chi connectivity index (χ0n) is 18.0. The zero-order valence-corrected chi connectivity index (χ0v) is 18.0. The summed E-state index contributed by atoms with van der Waals surface area (Å²) in [5, 5.41) is 0. The predicted molar refractivity (Wildman–Crippen MR) is 124 cm³/mol. The first-order chi connectivity index (χ1) is 15.7. The van der Waals surface area contributed by atoms with Crippen molar-refractivity contribution in [2.75, 3.05) is 29.9 Å². The summed E-state index contributed by atoms with van der Waals surface area (Å²) in [6.07, 6.45) is 3.52. The van der Waals surface area contributed by atoms with E-state index < -0.39 is 6.17 Å². The highest BCUT2D eigenvalue weighted by atomic mass is 16.2. The highest BCUT2D eigenvalue weighted by Crippen LogP contribution is 2.38. The van der Waals surface area contributed by atoms with Gasteiger partial charge in [0.05, 0.1) is 6.20 Å². The van der Waals surface area contributed by atoms with Gasteiger partial charge >= 0.3 is 6.03 Å². The van der Waals surface area contributed by atoms with Crippen LogP contribution in [0.15, 0.2) is 66.9 Å². The Labute approximate surface area is 187 Å². The Morgan fingerprint density at radius 2 is 1.66 bits per heavy atom. The van der Waals surface area contributed by atoms with Crippen molar-refractivity contribution in [2.24, 2.45) is 0 Å². The molecule has 7 heteroatoms. The molecule has 0 radical (unpaired) electrons. The lowest BCUT2D eigenvalue weighted by atomic mass is 9.89. The fourth-order valence-electron chi connectivity index (χ4n) is 4.61. The van der Waals surface area contributed by atoms with Crippen LogP contribution in [0, 0.1) is 0 Å². The van der Waals surface area contributed by atoms with Gasteiger partial charge in [0.25, 0.3) is 0 Å². The van der Waals surface area contributed by atoms with Crippen molar-refractivity contribution in [1.29, 1.82) is 0 Å². The molecule has 0 saturated carbocycles. The third kappa shape index (κ3) is 3.49. The maximum atomic E-state index is 13.5. The van der Waals surface area contributed by atoms with E-state index >= 15 is 0 Å². The molecule has 5 rings (SSSR count). The molecule has 2 aliphatic rings. The number of carbonyl (C=O) groups excluding carboxylic acids is 2. The second-order valence-electron chi connectivity index (χ2n) is 8.25. The number of aldehydes is 1. The van der Waals surface area contributed by atoms with Crippen molar-refractivity contribution in [2.45, 2.75) is 24.9 Å². The molecule has 2 aliphatic heterocycles. The standard InChI is InChI=1S/C25H25N5O2/c1-28-22(17-31)30(21-16-26-23(27-24(21)28)20-10-6-3-7-11-20)25(32)29-14-12-19(13-15-29)18-8-4-2-5-9-18/h2-11,16-17,19,22H,12-15H2,1H3. The van der Waals surface area contributed by atoms with Crippen LogP contribution in [0.3, 0.4) is 0 Å². The summed E-state index contributed by atoms with van der Waals surface area (Å²) in [6.45, 7) is 1.31. The molecule has 1 aromatic heterocycles. The summed E-state index contributed by atoms with van der Waals surface area (Å²) in [5.74, 6) is 1.61. The van der Waals surface area contributed by atoms with E-state index in [2.05, 4.69) is 34.2 Å². The Morgan fingerprint density at radius 3 is 2.31 bits per heavy atom. The zero-order chi connectivity index (χ0) is 22.1. The van der Waals surface area contributed by atoms with Crippen LogP contribution >= 0.6 is 0 Å². The van der Waals surface area contributed by atoms with Gasteiger partial charge in [-0.15, -0.1) is 0 Å². The van der Waals surface area contributed by atoms with Crippen molar-refractivity contribution in [3.05, 3.63) is 72.4 Å². The van der Waals surface area contributed by atoms with E-state index in [0.29, 0.717) is 36.3 Å². The van der Waals surface area contributed by atoms with Crippen LogP contribution in [0.2, 0.25) is 0 Å². The van der Waals surface area contributed by atoms with Crippen LogP contribution in [0.25, 0.3) is 11.4 Å². The average molecular weight is 428 g/mol. The quantitative estimate of drug-likeness (QED) is 0.593. The van der Waals surface area contributed by atoms with Gasteiger partial charge in [-0.1, -0.05) is 60.7 Å². The molecule has 0 aliphatic carbocycles. The van der Waals surface area contributed by atoms with Gasteiger partial charge in [-0.05, 0) is 24.3 Å². The molecule has 0 N–H and O–H groups in total. The number of amides is 2. The molecule has 162 valence electrons. The predicted octanol–water partition coefficient (Wildman–Crippen LogP) is 3.92. The SMILES string of the molecule is CN1c2nc(-c3ccccc3)ncc2N(C(=O)N2CCC(c3ccccc3)CC2)C1C=O. The van der Waals surface area contributed by atoms with Crippen LogP contribution < -0.4 is 9.80 Å². The molecule has 0 spiro atoms. The number of piperidine rings is 1. The van der Waals surface area contributed by atoms with Gasteiger partial charge in [-0.25, -0.2) is 14.8 Å². The second kappa shape index (κ2) is 8.42. The third-order valence-electron chi connectivity index (χ3n) is 6.40. The molecular weight excluding hydrogens is 402 g/mol. The van der Waals surface area contributed by atoms with Gasteiger partial charge in [0, 0.05) is 25.7 Å². The van der Waals surface area contributed by atoms with Gasteiger partial charge in [-0.2, -0.15) is 0 Å². The van der Waals surface area contributed by atoms with Gasteiger partial charge in [-0.3, -0.25) is 9.69 Å². The van der Waals surface area contributed by atoms with Crippen molar-refractivity contribution >= 4 is 23.8 Å². The van der Waals surface area contributed by atoms with Crippen LogP contribution in [-0.4, -0.2) is 53.5 Å². The lowest BCUT2D eigenvalue weighted by Gasteiger charge is -2.36. The molecule has 7 nitrogen and oxygen atoms in total. The van der Waals surface area contributed by atoms with Crippen molar-refractivity contribution < 1.29 is 9.59 Å². The summed E-state index contributed by atoms with van der Waals surface area (Å²) in [5.41, 5.74) is 2.78. The minimum atomic E-state index is -0.732. The minimum Gasteiger partial charge on any atom is -0.331 e. The first kappa shape index (κ1) is 20.2. The van der Waals surface area contributed by atoms with E-state index in [-0.39, 0.29) is 6.03 Å². The number of likely N-dealkylation sites (tertiary alicyclic amines) is 1. The number of rotatable bonds is 3. The molecule has 32 heavy (non-hydrogen) atoms. The summed E-state index contributed by atoms with van der Waals surface area (Å²) in [6, 6.07) is 19.9. The Hall–Kier alpha value is -3.74. The molecule has 3 heterocycles. The number of benzene rings is 2. The van der Waals surface area contributed by atoms with Crippen molar-refractivity contribution in [1.82, 2.24) is 14.9 Å². The van der Waals surface area contributed by atoms with Crippen molar-refractivity contribution in [3.8, 4) is 11.4 Å². The average Bonchev–Trinajstić information content (AvgIpc) is 3.15. The Kier molecular flexibility index (Phi) is 5.31. The fraction of sp³-hybridized carbons (Fsp3) is 0.280. The normalized spacial score (nSPS) is 18.5. The Balaban J connectivity index is 1.38. The maximum absolute atomic E-state index is 13.5. The van der Waals surface area contributed by atoms with E-state index in [1.807, 2.05) is 41.3 Å². The van der Waals surface area contributed by atoms with Crippen LogP contribution in [0.5, 0.6) is 0 Å². The van der Waals surface area contributed by atoms with Gasteiger partial charge in [0.15, 0.2) is 24.1 Å². The highest BCUT2D eigenvalue weighted by molar-refractivity contribution is 6.03. The molecule has 1 unspecified atom stereocenters. The molecule has 2 aromatic carbocycles. The number of aromatic nitrogens is 2. The third-order valence-corrected chi connectivity index (χ3v) is 6.40. The van der Waals surface area contributed by atoms with E-state index in [0.717, 1.165) is 24.7 Å². The smallest absolute Gasteiger partial charge is 0.326 e. The fourth-order valence-corrected chi connectivity index (χ4v) is 4.61.